The van der Waals surface area contributed by atoms with Crippen LogP contribution in [0.15, 0.2) is 11.4 Å². The minimum absolute atomic E-state index is 0.529. The molecule has 0 radical (unpaired) electrons. The van der Waals surface area contributed by atoms with Crippen molar-refractivity contribution in [2.75, 3.05) is 13.7 Å². The molecular formula is C9H13ClO2S. The predicted octanol–water partition coefficient (Wildman–Crippen LogP) is 2.65. The molecule has 13 heavy (non-hydrogen) atoms. The van der Waals surface area contributed by atoms with Crippen molar-refractivity contribution >= 4 is 22.9 Å². The normalized spacial score (nSPS) is 15.7. The van der Waals surface area contributed by atoms with E-state index in [0.29, 0.717) is 18.1 Å². The SMILES string of the molecule is COCCC(C)(O)c1sccc1Cl. The van der Waals surface area contributed by atoms with Gasteiger partial charge in [-0.05, 0) is 18.4 Å². The Labute approximate surface area is 87.1 Å². The number of halogens is 1. The molecule has 0 saturated heterocycles. The summed E-state index contributed by atoms with van der Waals surface area (Å²) in [7, 11) is 1.62. The maximum Gasteiger partial charge on any atom is 0.0996 e. The summed E-state index contributed by atoms with van der Waals surface area (Å²) in [4.78, 5) is 0.811. The van der Waals surface area contributed by atoms with E-state index in [-0.39, 0.29) is 0 Å². The maximum atomic E-state index is 10.0. The van der Waals surface area contributed by atoms with Crippen molar-refractivity contribution in [1.82, 2.24) is 0 Å². The van der Waals surface area contributed by atoms with Gasteiger partial charge in [0.25, 0.3) is 0 Å². The molecule has 74 valence electrons. The first kappa shape index (κ1) is 11.0. The largest absolute Gasteiger partial charge is 0.385 e. The van der Waals surface area contributed by atoms with Crippen molar-refractivity contribution in [2.45, 2.75) is 18.9 Å². The van der Waals surface area contributed by atoms with E-state index in [4.69, 9.17) is 16.3 Å². The van der Waals surface area contributed by atoms with E-state index in [9.17, 15) is 5.11 Å². The van der Waals surface area contributed by atoms with Crippen molar-refractivity contribution in [1.29, 1.82) is 0 Å². The third-order valence-corrected chi connectivity index (χ3v) is 3.49. The Hall–Kier alpha value is -0.0900. The molecule has 1 aromatic heterocycles. The van der Waals surface area contributed by atoms with Crippen LogP contribution in [0.1, 0.15) is 18.2 Å². The summed E-state index contributed by atoms with van der Waals surface area (Å²) >= 11 is 7.38. The molecule has 0 saturated carbocycles. The highest BCUT2D eigenvalue weighted by Crippen LogP contribution is 2.34. The van der Waals surface area contributed by atoms with Gasteiger partial charge >= 0.3 is 0 Å². The topological polar surface area (TPSA) is 29.5 Å². The van der Waals surface area contributed by atoms with E-state index in [1.165, 1.54) is 11.3 Å². The zero-order chi connectivity index (χ0) is 9.90. The number of hydrogen-bond donors (Lipinski definition) is 1. The van der Waals surface area contributed by atoms with Gasteiger partial charge in [0.2, 0.25) is 0 Å². The molecule has 0 bridgehead atoms. The first-order valence-corrected chi connectivity index (χ1v) is 5.28. The molecule has 1 N–H and O–H groups in total. The van der Waals surface area contributed by atoms with E-state index in [1.54, 1.807) is 20.1 Å². The molecule has 1 aromatic rings. The Bertz CT molecular complexity index is 270. The van der Waals surface area contributed by atoms with Gasteiger partial charge in [0.05, 0.1) is 15.5 Å². The summed E-state index contributed by atoms with van der Waals surface area (Å²) in [5, 5.41) is 12.5. The highest BCUT2D eigenvalue weighted by Gasteiger charge is 2.26. The van der Waals surface area contributed by atoms with Gasteiger partial charge < -0.3 is 9.84 Å². The number of ether oxygens (including phenoxy) is 1. The Morgan fingerprint density at radius 3 is 2.85 bits per heavy atom. The lowest BCUT2D eigenvalue weighted by Gasteiger charge is -2.21. The minimum atomic E-state index is -0.874. The van der Waals surface area contributed by atoms with Crippen LogP contribution in [0.2, 0.25) is 5.02 Å². The molecule has 0 amide bonds. The van der Waals surface area contributed by atoms with Crippen LogP contribution in [0, 0.1) is 0 Å². The zero-order valence-corrected chi connectivity index (χ0v) is 9.28. The summed E-state index contributed by atoms with van der Waals surface area (Å²) in [6.45, 7) is 2.28. The van der Waals surface area contributed by atoms with Gasteiger partial charge in [-0.1, -0.05) is 11.6 Å². The molecule has 0 aliphatic heterocycles. The van der Waals surface area contributed by atoms with Crippen LogP contribution in [0.4, 0.5) is 0 Å². The van der Waals surface area contributed by atoms with Crippen molar-refractivity contribution in [3.8, 4) is 0 Å². The number of thiophene rings is 1. The lowest BCUT2D eigenvalue weighted by molar-refractivity contribution is 0.0242. The fourth-order valence-corrected chi connectivity index (χ4v) is 2.44. The van der Waals surface area contributed by atoms with Gasteiger partial charge in [-0.2, -0.15) is 0 Å². The zero-order valence-electron chi connectivity index (χ0n) is 7.71. The van der Waals surface area contributed by atoms with Crippen LogP contribution in [0.3, 0.4) is 0 Å². The van der Waals surface area contributed by atoms with Crippen molar-refractivity contribution in [3.63, 3.8) is 0 Å². The summed E-state index contributed by atoms with van der Waals surface area (Å²) in [5.74, 6) is 0. The Morgan fingerprint density at radius 1 is 1.69 bits per heavy atom. The molecule has 1 atom stereocenters. The van der Waals surface area contributed by atoms with E-state index in [0.717, 1.165) is 4.88 Å². The minimum Gasteiger partial charge on any atom is -0.385 e. The number of hydrogen-bond acceptors (Lipinski definition) is 3. The molecule has 0 aliphatic carbocycles. The Morgan fingerprint density at radius 2 is 2.38 bits per heavy atom. The standard InChI is InChI=1S/C9H13ClO2S/c1-9(11,4-5-12-2)8-7(10)3-6-13-8/h3,6,11H,4-5H2,1-2H3. The van der Waals surface area contributed by atoms with Gasteiger partial charge in [-0.25, -0.2) is 0 Å². The van der Waals surface area contributed by atoms with Crippen LogP contribution < -0.4 is 0 Å². The molecule has 2 nitrogen and oxygen atoms in total. The molecule has 4 heteroatoms. The van der Waals surface area contributed by atoms with Crippen LogP contribution in [-0.4, -0.2) is 18.8 Å². The van der Waals surface area contributed by atoms with E-state index >= 15 is 0 Å². The maximum absolute atomic E-state index is 10.0. The third-order valence-electron chi connectivity index (χ3n) is 1.90. The third kappa shape index (κ3) is 2.68. The molecule has 0 aromatic carbocycles. The highest BCUT2D eigenvalue weighted by atomic mass is 35.5. The summed E-state index contributed by atoms with van der Waals surface area (Å²) in [6, 6.07) is 1.79. The highest BCUT2D eigenvalue weighted by molar-refractivity contribution is 7.10. The molecule has 1 heterocycles. The Kier molecular flexibility index (Phi) is 3.74. The lowest BCUT2D eigenvalue weighted by atomic mass is 10.0. The average molecular weight is 221 g/mol. The van der Waals surface area contributed by atoms with Gasteiger partial charge in [-0.15, -0.1) is 11.3 Å². The van der Waals surface area contributed by atoms with Crippen molar-refractivity contribution in [2.24, 2.45) is 0 Å². The first-order chi connectivity index (χ1) is 6.08. The summed E-state index contributed by atoms with van der Waals surface area (Å²) in [6.07, 6.45) is 0.559. The predicted molar refractivity (Wildman–Crippen MR) is 55.4 cm³/mol. The second kappa shape index (κ2) is 4.42. The molecule has 1 rings (SSSR count). The molecular weight excluding hydrogens is 208 g/mol. The van der Waals surface area contributed by atoms with E-state index < -0.39 is 5.60 Å². The van der Waals surface area contributed by atoms with Gasteiger partial charge in [0.15, 0.2) is 0 Å². The molecule has 0 spiro atoms. The van der Waals surface area contributed by atoms with E-state index in [1.807, 2.05) is 5.38 Å². The number of rotatable bonds is 4. The lowest BCUT2D eigenvalue weighted by Crippen LogP contribution is -2.22. The molecule has 1 unspecified atom stereocenters. The van der Waals surface area contributed by atoms with Gasteiger partial charge in [-0.3, -0.25) is 0 Å². The Balaban J connectivity index is 2.74. The smallest absolute Gasteiger partial charge is 0.0996 e. The first-order valence-electron chi connectivity index (χ1n) is 4.02. The second-order valence-electron chi connectivity index (χ2n) is 3.11. The monoisotopic (exact) mass is 220 g/mol. The molecule has 0 fully saturated rings. The van der Waals surface area contributed by atoms with Crippen LogP contribution >= 0.6 is 22.9 Å². The van der Waals surface area contributed by atoms with Crippen LogP contribution in [-0.2, 0) is 10.3 Å². The van der Waals surface area contributed by atoms with Gasteiger partial charge in [0, 0.05) is 20.1 Å². The number of methoxy groups -OCH3 is 1. The van der Waals surface area contributed by atoms with E-state index in [2.05, 4.69) is 0 Å². The second-order valence-corrected chi connectivity index (χ2v) is 4.44. The van der Waals surface area contributed by atoms with Crippen LogP contribution in [0.25, 0.3) is 0 Å². The number of aliphatic hydroxyl groups is 1. The fourth-order valence-electron chi connectivity index (χ4n) is 1.09. The fraction of sp³-hybridized carbons (Fsp3) is 0.556. The van der Waals surface area contributed by atoms with Crippen molar-refractivity contribution < 1.29 is 9.84 Å². The summed E-state index contributed by atoms with van der Waals surface area (Å²) < 4.78 is 4.92. The molecule has 0 aliphatic rings. The quantitative estimate of drug-likeness (QED) is 0.846. The summed E-state index contributed by atoms with van der Waals surface area (Å²) in [5.41, 5.74) is -0.874. The average Bonchev–Trinajstić information content (AvgIpc) is 2.48. The van der Waals surface area contributed by atoms with Gasteiger partial charge in [0.1, 0.15) is 0 Å². The van der Waals surface area contributed by atoms with Crippen LogP contribution in [0.5, 0.6) is 0 Å². The van der Waals surface area contributed by atoms with Crippen molar-refractivity contribution in [3.05, 3.63) is 21.3 Å².